The molecule has 0 aliphatic carbocycles. The fourth-order valence-electron chi connectivity index (χ4n) is 1.96. The van der Waals surface area contributed by atoms with Crippen molar-refractivity contribution in [2.45, 2.75) is 26.5 Å². The summed E-state index contributed by atoms with van der Waals surface area (Å²) in [7, 11) is 3.99. The van der Waals surface area contributed by atoms with Crippen LogP contribution in [0.5, 0.6) is 5.75 Å². The number of nitrogens with zero attached hydrogens (tertiary/aromatic N) is 1. The monoisotopic (exact) mass is 292 g/mol. The first-order chi connectivity index (χ1) is 9.45. The molecule has 0 saturated carbocycles. The van der Waals surface area contributed by atoms with Crippen molar-refractivity contribution in [1.82, 2.24) is 9.88 Å². The van der Waals surface area contributed by atoms with Gasteiger partial charge in [-0.2, -0.15) is 0 Å². The lowest BCUT2D eigenvalue weighted by Crippen LogP contribution is -2.10. The molecule has 108 valence electrons. The largest absolute Gasteiger partial charge is 0.491 e. The van der Waals surface area contributed by atoms with Crippen molar-refractivity contribution in [2.75, 3.05) is 14.1 Å². The van der Waals surface area contributed by atoms with Gasteiger partial charge in [0.2, 0.25) is 0 Å². The highest BCUT2D eigenvalue weighted by Gasteiger charge is 2.11. The van der Waals surface area contributed by atoms with Gasteiger partial charge in [-0.05, 0) is 57.8 Å². The van der Waals surface area contributed by atoms with E-state index in [4.69, 9.17) is 4.74 Å². The average Bonchev–Trinajstić information content (AvgIpc) is 2.69. The summed E-state index contributed by atoms with van der Waals surface area (Å²) in [6.07, 6.45) is 0.158. The number of aromatic amines is 1. The van der Waals surface area contributed by atoms with E-state index >= 15 is 0 Å². The Morgan fingerprint density at radius 2 is 1.90 bits per heavy atom. The van der Waals surface area contributed by atoms with E-state index in [9.17, 15) is 4.79 Å². The number of hydrogen-bond donors (Lipinski definition) is 1. The molecule has 1 heterocycles. The quantitative estimate of drug-likeness (QED) is 0.921. The van der Waals surface area contributed by atoms with Crippen LogP contribution in [0.4, 0.5) is 0 Å². The summed E-state index contributed by atoms with van der Waals surface area (Å²) in [6, 6.07) is 7.83. The first-order valence-corrected chi connectivity index (χ1v) is 7.41. The van der Waals surface area contributed by atoms with Crippen LogP contribution >= 0.6 is 11.3 Å². The molecule has 2 aromatic rings. The number of hydrogen-bond acceptors (Lipinski definition) is 4. The molecule has 0 amide bonds. The van der Waals surface area contributed by atoms with Crippen LogP contribution in [0, 0.1) is 0 Å². The van der Waals surface area contributed by atoms with Gasteiger partial charge in [0.05, 0.1) is 11.8 Å². The normalized spacial score (nSPS) is 11.3. The molecule has 4 nitrogen and oxygen atoms in total. The van der Waals surface area contributed by atoms with Crippen LogP contribution in [0.25, 0.3) is 11.3 Å². The van der Waals surface area contributed by atoms with E-state index in [0.29, 0.717) is 0 Å². The molecular weight excluding hydrogens is 272 g/mol. The van der Waals surface area contributed by atoms with Crippen molar-refractivity contribution in [3.05, 3.63) is 38.8 Å². The van der Waals surface area contributed by atoms with Crippen molar-refractivity contribution in [2.24, 2.45) is 0 Å². The third-order valence-electron chi connectivity index (χ3n) is 2.70. The molecule has 5 heteroatoms. The van der Waals surface area contributed by atoms with Gasteiger partial charge in [-0.25, -0.2) is 0 Å². The minimum Gasteiger partial charge on any atom is -0.491 e. The number of H-pyrrole nitrogens is 1. The highest BCUT2D eigenvalue weighted by Crippen LogP contribution is 2.26. The minimum atomic E-state index is -0.0145. The van der Waals surface area contributed by atoms with Gasteiger partial charge in [0, 0.05) is 11.4 Å². The lowest BCUT2D eigenvalue weighted by atomic mass is 10.1. The summed E-state index contributed by atoms with van der Waals surface area (Å²) in [6.45, 7) is 4.75. The van der Waals surface area contributed by atoms with Gasteiger partial charge in [0.15, 0.2) is 0 Å². The van der Waals surface area contributed by atoms with Crippen LogP contribution in [0.1, 0.15) is 18.7 Å². The van der Waals surface area contributed by atoms with Crippen LogP contribution < -0.4 is 9.61 Å². The fourth-order valence-corrected chi connectivity index (χ4v) is 2.93. The van der Waals surface area contributed by atoms with Crippen LogP contribution in [0.3, 0.4) is 0 Å². The molecule has 0 fully saturated rings. The van der Waals surface area contributed by atoms with Crippen molar-refractivity contribution in [3.8, 4) is 17.0 Å². The third-order valence-corrected chi connectivity index (χ3v) is 3.56. The molecule has 0 aliphatic heterocycles. The standard InChI is InChI=1S/C15H20N2O2S/c1-10(2)19-12-7-5-11(6-8-12)14-13(9-17(3)4)20-15(18)16-14/h5-8,10H,9H2,1-4H3,(H,16,18). The van der Waals surface area contributed by atoms with Crippen molar-refractivity contribution in [1.29, 1.82) is 0 Å². The highest BCUT2D eigenvalue weighted by atomic mass is 32.1. The van der Waals surface area contributed by atoms with Gasteiger partial charge in [0.25, 0.3) is 0 Å². The second kappa shape index (κ2) is 6.24. The van der Waals surface area contributed by atoms with Crippen LogP contribution in [0.15, 0.2) is 29.1 Å². The van der Waals surface area contributed by atoms with E-state index < -0.39 is 0 Å². The lowest BCUT2D eigenvalue weighted by Gasteiger charge is -2.11. The van der Waals surface area contributed by atoms with E-state index in [1.807, 2.05) is 52.2 Å². The average molecular weight is 292 g/mol. The number of aromatic nitrogens is 1. The van der Waals surface area contributed by atoms with Gasteiger partial charge in [-0.3, -0.25) is 4.79 Å². The van der Waals surface area contributed by atoms with Gasteiger partial charge >= 0.3 is 4.87 Å². The molecule has 0 radical (unpaired) electrons. The molecule has 0 atom stereocenters. The fraction of sp³-hybridized carbons (Fsp3) is 0.400. The first kappa shape index (κ1) is 14.8. The van der Waals surface area contributed by atoms with E-state index in [0.717, 1.165) is 28.4 Å². The molecule has 1 aromatic heterocycles. The Balaban J connectivity index is 2.29. The molecule has 0 unspecified atom stereocenters. The molecule has 0 aliphatic rings. The van der Waals surface area contributed by atoms with E-state index in [1.54, 1.807) is 0 Å². The SMILES string of the molecule is CC(C)Oc1ccc(-c2[nH]c(=O)sc2CN(C)C)cc1. The van der Waals surface area contributed by atoms with Crippen molar-refractivity contribution >= 4 is 11.3 Å². The topological polar surface area (TPSA) is 45.3 Å². The minimum absolute atomic E-state index is 0.0145. The Labute approximate surface area is 123 Å². The molecule has 0 saturated heterocycles. The number of rotatable bonds is 5. The summed E-state index contributed by atoms with van der Waals surface area (Å²) in [5.41, 5.74) is 1.92. The van der Waals surface area contributed by atoms with Gasteiger partial charge in [-0.1, -0.05) is 11.3 Å². The number of thiazole rings is 1. The summed E-state index contributed by atoms with van der Waals surface area (Å²) in [5.74, 6) is 0.843. The summed E-state index contributed by atoms with van der Waals surface area (Å²) in [5, 5.41) is 0. The molecule has 1 N–H and O–H groups in total. The maximum absolute atomic E-state index is 11.6. The number of ether oxygens (including phenoxy) is 1. The zero-order chi connectivity index (χ0) is 14.7. The second-order valence-electron chi connectivity index (χ2n) is 5.24. The second-order valence-corrected chi connectivity index (χ2v) is 6.31. The predicted molar refractivity (Wildman–Crippen MR) is 83.5 cm³/mol. The Morgan fingerprint density at radius 3 is 2.45 bits per heavy atom. The summed E-state index contributed by atoms with van der Waals surface area (Å²) < 4.78 is 5.63. The third kappa shape index (κ3) is 3.71. The predicted octanol–water partition coefficient (Wildman–Crippen LogP) is 2.95. The van der Waals surface area contributed by atoms with E-state index in [1.165, 1.54) is 11.3 Å². The first-order valence-electron chi connectivity index (χ1n) is 6.59. The molecule has 2 rings (SSSR count). The van der Waals surface area contributed by atoms with Crippen LogP contribution in [-0.4, -0.2) is 30.1 Å². The van der Waals surface area contributed by atoms with Gasteiger partial charge in [-0.15, -0.1) is 0 Å². The smallest absolute Gasteiger partial charge is 0.305 e. The Morgan fingerprint density at radius 1 is 1.25 bits per heavy atom. The van der Waals surface area contributed by atoms with E-state index in [2.05, 4.69) is 9.88 Å². The number of benzene rings is 1. The summed E-state index contributed by atoms with van der Waals surface area (Å²) in [4.78, 5) is 17.6. The zero-order valence-electron chi connectivity index (χ0n) is 12.3. The highest BCUT2D eigenvalue weighted by molar-refractivity contribution is 7.09. The van der Waals surface area contributed by atoms with Crippen LogP contribution in [-0.2, 0) is 6.54 Å². The molecule has 0 spiro atoms. The Bertz CT molecular complexity index is 612. The van der Waals surface area contributed by atoms with Crippen molar-refractivity contribution in [3.63, 3.8) is 0 Å². The molecule has 20 heavy (non-hydrogen) atoms. The molecule has 1 aromatic carbocycles. The zero-order valence-corrected chi connectivity index (χ0v) is 13.1. The van der Waals surface area contributed by atoms with E-state index in [-0.39, 0.29) is 11.0 Å². The Kier molecular flexibility index (Phi) is 4.62. The van der Waals surface area contributed by atoms with Crippen molar-refractivity contribution < 1.29 is 4.74 Å². The van der Waals surface area contributed by atoms with Gasteiger partial charge < -0.3 is 14.6 Å². The maximum atomic E-state index is 11.6. The van der Waals surface area contributed by atoms with Crippen LogP contribution in [0.2, 0.25) is 0 Å². The molecule has 0 bridgehead atoms. The summed E-state index contributed by atoms with van der Waals surface area (Å²) >= 11 is 1.27. The molecular formula is C15H20N2O2S. The maximum Gasteiger partial charge on any atom is 0.305 e. The van der Waals surface area contributed by atoms with Gasteiger partial charge in [0.1, 0.15) is 5.75 Å². The number of nitrogens with one attached hydrogen (secondary N) is 1. The Hall–Kier alpha value is -1.59. The lowest BCUT2D eigenvalue weighted by molar-refractivity contribution is 0.242.